The third kappa shape index (κ3) is 5.06. The van der Waals surface area contributed by atoms with Gasteiger partial charge in [-0.05, 0) is 44.7 Å². The van der Waals surface area contributed by atoms with Crippen LogP contribution in [0.1, 0.15) is 58.7 Å². The van der Waals surface area contributed by atoms with Gasteiger partial charge in [0, 0.05) is 44.8 Å². The fourth-order valence-corrected chi connectivity index (χ4v) is 6.06. The van der Waals surface area contributed by atoms with Crippen molar-refractivity contribution in [3.8, 4) is 0 Å². The summed E-state index contributed by atoms with van der Waals surface area (Å²) in [5.74, 6) is 0.0794. The molecule has 2 aliphatic heterocycles. The number of piperazine rings is 1. The molecule has 1 aromatic heterocycles. The highest BCUT2D eigenvalue weighted by Crippen LogP contribution is 2.33. The molecule has 2 fully saturated rings. The molecule has 1 amide bonds. The zero-order valence-electron chi connectivity index (χ0n) is 21.7. The Morgan fingerprint density at radius 1 is 0.833 bits per heavy atom. The number of carbonyl (C=O) groups is 1. The molecule has 36 heavy (non-hydrogen) atoms. The van der Waals surface area contributed by atoms with Crippen LogP contribution in [0.15, 0.2) is 67.0 Å². The maximum absolute atomic E-state index is 13.2. The van der Waals surface area contributed by atoms with Crippen LogP contribution in [-0.4, -0.2) is 75.4 Å². The van der Waals surface area contributed by atoms with Crippen molar-refractivity contribution in [3.63, 3.8) is 0 Å². The highest BCUT2D eigenvalue weighted by Gasteiger charge is 2.35. The van der Waals surface area contributed by atoms with Crippen molar-refractivity contribution in [2.45, 2.75) is 51.7 Å². The zero-order chi connectivity index (χ0) is 25.1. The van der Waals surface area contributed by atoms with E-state index in [4.69, 9.17) is 0 Å². The van der Waals surface area contributed by atoms with E-state index in [0.717, 1.165) is 57.0 Å². The third-order valence-electron chi connectivity index (χ3n) is 7.98. The molecular weight excluding hydrogens is 446 g/mol. The lowest BCUT2D eigenvalue weighted by molar-refractivity contribution is 0.0172. The van der Waals surface area contributed by atoms with E-state index in [0.29, 0.717) is 17.6 Å². The Kier molecular flexibility index (Phi) is 7.44. The van der Waals surface area contributed by atoms with Crippen molar-refractivity contribution in [2.75, 3.05) is 32.7 Å². The fraction of sp³-hybridized carbons (Fsp3) is 0.433. The van der Waals surface area contributed by atoms with Gasteiger partial charge in [0.05, 0.1) is 23.0 Å². The first-order valence-electron chi connectivity index (χ1n) is 13.2. The van der Waals surface area contributed by atoms with Gasteiger partial charge in [0.1, 0.15) is 6.33 Å². The number of benzene rings is 2. The summed E-state index contributed by atoms with van der Waals surface area (Å²) in [7, 11) is 0. The van der Waals surface area contributed by atoms with Crippen LogP contribution >= 0.6 is 0 Å². The lowest BCUT2D eigenvalue weighted by Crippen LogP contribution is -2.57. The van der Waals surface area contributed by atoms with Crippen LogP contribution in [0.25, 0.3) is 0 Å². The molecule has 2 aromatic carbocycles. The first-order chi connectivity index (χ1) is 17.5. The monoisotopic (exact) mass is 483 g/mol. The van der Waals surface area contributed by atoms with Crippen LogP contribution in [0.5, 0.6) is 0 Å². The van der Waals surface area contributed by atoms with Gasteiger partial charge < -0.3 is 4.90 Å². The van der Waals surface area contributed by atoms with Crippen molar-refractivity contribution in [2.24, 2.45) is 0 Å². The van der Waals surface area contributed by atoms with E-state index in [1.807, 2.05) is 18.7 Å². The summed E-state index contributed by atoms with van der Waals surface area (Å²) >= 11 is 0. The highest BCUT2D eigenvalue weighted by molar-refractivity contribution is 5.96. The van der Waals surface area contributed by atoms with E-state index in [1.165, 1.54) is 17.5 Å². The largest absolute Gasteiger partial charge is 0.338 e. The summed E-state index contributed by atoms with van der Waals surface area (Å²) in [6, 6.07) is 23.0. The van der Waals surface area contributed by atoms with E-state index in [9.17, 15) is 4.79 Å². The van der Waals surface area contributed by atoms with Crippen molar-refractivity contribution < 1.29 is 4.79 Å². The van der Waals surface area contributed by atoms with Crippen molar-refractivity contribution in [1.29, 1.82) is 0 Å². The third-order valence-corrected chi connectivity index (χ3v) is 7.98. The van der Waals surface area contributed by atoms with Crippen LogP contribution in [0.2, 0.25) is 0 Å². The van der Waals surface area contributed by atoms with Gasteiger partial charge >= 0.3 is 0 Å². The normalized spacial score (nSPS) is 20.1. The molecule has 0 aliphatic carbocycles. The average Bonchev–Trinajstić information content (AvgIpc) is 2.91. The first kappa shape index (κ1) is 24.6. The van der Waals surface area contributed by atoms with Crippen LogP contribution in [0.3, 0.4) is 0 Å². The smallest absolute Gasteiger partial charge is 0.257 e. The van der Waals surface area contributed by atoms with Gasteiger partial charge in [0.25, 0.3) is 5.91 Å². The Morgan fingerprint density at radius 2 is 1.39 bits per heavy atom. The summed E-state index contributed by atoms with van der Waals surface area (Å²) in [4.78, 5) is 29.0. The molecule has 3 aromatic rings. The van der Waals surface area contributed by atoms with Crippen molar-refractivity contribution >= 4 is 5.91 Å². The molecule has 0 spiro atoms. The lowest BCUT2D eigenvalue weighted by atomic mass is 9.94. The maximum atomic E-state index is 13.2. The molecule has 0 saturated carbocycles. The first-order valence-corrected chi connectivity index (χ1v) is 13.2. The molecule has 0 bridgehead atoms. The standard InChI is InChI=1S/C30H37N5O/c1-22-20-34(27-14-16-33(17-15-27)30(36)28-23(2)31-21-32-24(28)3)18-19-35(22)29(25-10-6-4-7-11-25)26-12-8-5-9-13-26/h4-13,21-22,27,29H,14-20H2,1-3H3. The lowest BCUT2D eigenvalue weighted by Gasteiger charge is -2.48. The number of carbonyl (C=O) groups excluding carboxylic acids is 1. The molecule has 0 N–H and O–H groups in total. The predicted octanol–water partition coefficient (Wildman–Crippen LogP) is 4.49. The second kappa shape index (κ2) is 10.9. The number of hydrogen-bond acceptors (Lipinski definition) is 5. The minimum absolute atomic E-state index is 0.0794. The topological polar surface area (TPSA) is 52.6 Å². The Morgan fingerprint density at radius 3 is 1.92 bits per heavy atom. The van der Waals surface area contributed by atoms with Gasteiger partial charge in [0.2, 0.25) is 0 Å². The maximum Gasteiger partial charge on any atom is 0.257 e. The molecule has 2 saturated heterocycles. The van der Waals surface area contributed by atoms with Gasteiger partial charge in [-0.3, -0.25) is 14.6 Å². The second-order valence-electron chi connectivity index (χ2n) is 10.2. The molecule has 2 aliphatic rings. The molecule has 1 atom stereocenters. The second-order valence-corrected chi connectivity index (χ2v) is 10.2. The minimum Gasteiger partial charge on any atom is -0.338 e. The molecule has 5 rings (SSSR count). The van der Waals surface area contributed by atoms with Gasteiger partial charge in [0.15, 0.2) is 0 Å². The van der Waals surface area contributed by atoms with Crippen molar-refractivity contribution in [1.82, 2.24) is 24.7 Å². The number of aryl methyl sites for hydroxylation is 2. The number of likely N-dealkylation sites (tertiary alicyclic amines) is 1. The average molecular weight is 484 g/mol. The predicted molar refractivity (Wildman–Crippen MR) is 143 cm³/mol. The summed E-state index contributed by atoms with van der Waals surface area (Å²) in [6.45, 7) is 10.9. The number of rotatable bonds is 5. The van der Waals surface area contributed by atoms with Gasteiger partial charge in [-0.15, -0.1) is 0 Å². The Labute approximate surface area is 215 Å². The van der Waals surface area contributed by atoms with E-state index in [-0.39, 0.29) is 11.9 Å². The Hall–Kier alpha value is -3.09. The van der Waals surface area contributed by atoms with Crippen LogP contribution in [-0.2, 0) is 0 Å². The Balaban J connectivity index is 1.23. The van der Waals surface area contributed by atoms with Gasteiger partial charge in [-0.2, -0.15) is 0 Å². The molecule has 6 nitrogen and oxygen atoms in total. The number of aromatic nitrogens is 2. The molecule has 0 radical (unpaired) electrons. The quantitative estimate of drug-likeness (QED) is 0.535. The van der Waals surface area contributed by atoms with Gasteiger partial charge in [-0.1, -0.05) is 60.7 Å². The molecule has 6 heteroatoms. The fourth-order valence-electron chi connectivity index (χ4n) is 6.06. The molecule has 188 valence electrons. The zero-order valence-corrected chi connectivity index (χ0v) is 21.7. The van der Waals surface area contributed by atoms with Crippen LogP contribution in [0, 0.1) is 13.8 Å². The van der Waals surface area contributed by atoms with Crippen LogP contribution < -0.4 is 0 Å². The minimum atomic E-state index is 0.0794. The van der Waals surface area contributed by atoms with Crippen molar-refractivity contribution in [3.05, 3.63) is 95.1 Å². The molecule has 1 unspecified atom stereocenters. The van der Waals surface area contributed by atoms with E-state index in [2.05, 4.69) is 87.4 Å². The molecular formula is C30H37N5O. The SMILES string of the molecule is Cc1ncnc(C)c1C(=O)N1CCC(N2CCN(C(c3ccccc3)c3ccccc3)C(C)C2)CC1. The number of nitrogens with zero attached hydrogens (tertiary/aromatic N) is 5. The summed E-state index contributed by atoms with van der Waals surface area (Å²) < 4.78 is 0. The number of hydrogen-bond donors (Lipinski definition) is 0. The number of piperidine rings is 1. The highest BCUT2D eigenvalue weighted by atomic mass is 16.2. The molecule has 3 heterocycles. The van der Waals surface area contributed by atoms with E-state index < -0.39 is 0 Å². The summed E-state index contributed by atoms with van der Waals surface area (Å²) in [6.07, 6.45) is 3.57. The summed E-state index contributed by atoms with van der Waals surface area (Å²) in [5, 5.41) is 0. The van der Waals surface area contributed by atoms with E-state index in [1.54, 1.807) is 0 Å². The Bertz CT molecular complexity index is 1100. The van der Waals surface area contributed by atoms with Gasteiger partial charge in [-0.25, -0.2) is 9.97 Å². The van der Waals surface area contributed by atoms with E-state index >= 15 is 0 Å². The van der Waals surface area contributed by atoms with Crippen LogP contribution in [0.4, 0.5) is 0 Å². The number of amides is 1. The summed E-state index contributed by atoms with van der Waals surface area (Å²) in [5.41, 5.74) is 4.92.